The molecular formula is C14H26N2O3. The Bertz CT molecular complexity index is 333. The molecule has 0 heterocycles. The fourth-order valence-corrected chi connectivity index (χ4v) is 2.71. The lowest BCUT2D eigenvalue weighted by Gasteiger charge is -2.38. The van der Waals surface area contributed by atoms with Crippen LogP contribution in [-0.2, 0) is 4.79 Å². The highest BCUT2D eigenvalue weighted by molar-refractivity contribution is 5.86. The number of carboxylic acid groups (broad SMARTS) is 1. The molecule has 0 radical (unpaired) electrons. The first kappa shape index (κ1) is 15.8. The van der Waals surface area contributed by atoms with E-state index >= 15 is 0 Å². The highest BCUT2D eigenvalue weighted by atomic mass is 16.4. The van der Waals surface area contributed by atoms with E-state index in [1.54, 1.807) is 11.9 Å². The average molecular weight is 270 g/mol. The molecule has 1 saturated carbocycles. The van der Waals surface area contributed by atoms with E-state index in [-0.39, 0.29) is 6.03 Å². The van der Waals surface area contributed by atoms with Crippen molar-refractivity contribution < 1.29 is 14.7 Å². The summed E-state index contributed by atoms with van der Waals surface area (Å²) in [6.07, 6.45) is 4.89. The van der Waals surface area contributed by atoms with Gasteiger partial charge in [-0.25, -0.2) is 9.59 Å². The van der Waals surface area contributed by atoms with Gasteiger partial charge in [0, 0.05) is 13.6 Å². The number of hydrogen-bond acceptors (Lipinski definition) is 2. The number of rotatable bonds is 5. The summed E-state index contributed by atoms with van der Waals surface area (Å²) < 4.78 is 0. The van der Waals surface area contributed by atoms with Gasteiger partial charge in [0.2, 0.25) is 0 Å². The van der Waals surface area contributed by atoms with Gasteiger partial charge in [-0.1, -0.05) is 33.1 Å². The Morgan fingerprint density at radius 2 is 2.16 bits per heavy atom. The molecule has 0 aromatic carbocycles. The molecule has 0 bridgehead atoms. The maximum absolute atomic E-state index is 12.1. The van der Waals surface area contributed by atoms with E-state index in [2.05, 4.69) is 12.2 Å². The normalized spacial score (nSPS) is 26.8. The van der Waals surface area contributed by atoms with Gasteiger partial charge in [0.15, 0.2) is 0 Å². The number of carbonyl (C=O) groups excluding carboxylic acids is 1. The molecule has 19 heavy (non-hydrogen) atoms. The van der Waals surface area contributed by atoms with Crippen LogP contribution < -0.4 is 5.32 Å². The third kappa shape index (κ3) is 4.11. The summed E-state index contributed by atoms with van der Waals surface area (Å²) >= 11 is 0. The second kappa shape index (κ2) is 6.78. The molecule has 5 nitrogen and oxygen atoms in total. The second-order valence-electron chi connectivity index (χ2n) is 5.79. The topological polar surface area (TPSA) is 69.6 Å². The van der Waals surface area contributed by atoms with Crippen LogP contribution in [-0.4, -0.2) is 41.1 Å². The molecule has 1 rings (SSSR count). The van der Waals surface area contributed by atoms with Gasteiger partial charge in [-0.15, -0.1) is 0 Å². The number of nitrogens with zero attached hydrogens (tertiary/aromatic N) is 1. The highest BCUT2D eigenvalue weighted by Gasteiger charge is 2.43. The van der Waals surface area contributed by atoms with Gasteiger partial charge in [0.1, 0.15) is 5.54 Å². The van der Waals surface area contributed by atoms with E-state index in [4.69, 9.17) is 0 Å². The van der Waals surface area contributed by atoms with Crippen molar-refractivity contribution >= 4 is 12.0 Å². The molecule has 2 N–H and O–H groups in total. The number of urea groups is 1. The average Bonchev–Trinajstić information content (AvgIpc) is 2.35. The van der Waals surface area contributed by atoms with Crippen LogP contribution in [0.15, 0.2) is 0 Å². The summed E-state index contributed by atoms with van der Waals surface area (Å²) in [5, 5.41) is 12.2. The molecule has 0 aliphatic heterocycles. The molecule has 2 amide bonds. The molecule has 1 aliphatic carbocycles. The summed E-state index contributed by atoms with van der Waals surface area (Å²) in [7, 11) is 1.72. The van der Waals surface area contributed by atoms with Crippen LogP contribution in [0.4, 0.5) is 4.79 Å². The van der Waals surface area contributed by atoms with Crippen LogP contribution in [0.5, 0.6) is 0 Å². The fourth-order valence-electron chi connectivity index (χ4n) is 2.71. The van der Waals surface area contributed by atoms with Crippen LogP contribution in [0.25, 0.3) is 0 Å². The Kier molecular flexibility index (Phi) is 5.63. The number of nitrogens with one attached hydrogen (secondary N) is 1. The number of unbranched alkanes of at least 4 members (excludes halogenated alkanes) is 1. The van der Waals surface area contributed by atoms with Crippen molar-refractivity contribution in [2.45, 2.75) is 57.9 Å². The van der Waals surface area contributed by atoms with Crippen molar-refractivity contribution in [3.63, 3.8) is 0 Å². The number of carboxylic acids is 1. The van der Waals surface area contributed by atoms with Crippen molar-refractivity contribution in [3.8, 4) is 0 Å². The summed E-state index contributed by atoms with van der Waals surface area (Å²) in [5.41, 5.74) is -1.07. The molecule has 2 unspecified atom stereocenters. The number of hydrogen-bond donors (Lipinski definition) is 2. The van der Waals surface area contributed by atoms with Crippen LogP contribution >= 0.6 is 0 Å². The molecule has 5 heteroatoms. The largest absolute Gasteiger partial charge is 0.480 e. The minimum atomic E-state index is -1.07. The van der Waals surface area contributed by atoms with Crippen molar-refractivity contribution in [1.29, 1.82) is 0 Å². The van der Waals surface area contributed by atoms with Gasteiger partial charge in [-0.2, -0.15) is 0 Å². The Balaban J connectivity index is 2.68. The smallest absolute Gasteiger partial charge is 0.329 e. The second-order valence-corrected chi connectivity index (χ2v) is 5.79. The van der Waals surface area contributed by atoms with Crippen molar-refractivity contribution in [2.75, 3.05) is 13.6 Å². The summed E-state index contributed by atoms with van der Waals surface area (Å²) in [6, 6.07) is -0.273. The van der Waals surface area contributed by atoms with E-state index in [0.29, 0.717) is 25.3 Å². The first-order chi connectivity index (χ1) is 8.91. The van der Waals surface area contributed by atoms with Crippen LogP contribution in [0.1, 0.15) is 52.4 Å². The lowest BCUT2D eigenvalue weighted by molar-refractivity contribution is -0.146. The molecule has 0 aromatic heterocycles. The highest BCUT2D eigenvalue weighted by Crippen LogP contribution is 2.32. The summed E-state index contributed by atoms with van der Waals surface area (Å²) in [6.45, 7) is 4.77. The number of carbonyl (C=O) groups is 2. The van der Waals surface area contributed by atoms with Crippen molar-refractivity contribution in [3.05, 3.63) is 0 Å². The third-order valence-corrected chi connectivity index (χ3v) is 3.95. The first-order valence-electron chi connectivity index (χ1n) is 7.18. The first-order valence-corrected chi connectivity index (χ1v) is 7.18. The van der Waals surface area contributed by atoms with Gasteiger partial charge in [-0.05, 0) is 25.2 Å². The fraction of sp³-hybridized carbons (Fsp3) is 0.857. The lowest BCUT2D eigenvalue weighted by Crippen LogP contribution is -2.59. The minimum absolute atomic E-state index is 0.273. The quantitative estimate of drug-likeness (QED) is 0.806. The molecule has 0 aromatic rings. The van der Waals surface area contributed by atoms with E-state index in [9.17, 15) is 14.7 Å². The van der Waals surface area contributed by atoms with Gasteiger partial charge in [0.05, 0.1) is 0 Å². The van der Waals surface area contributed by atoms with Gasteiger partial charge >= 0.3 is 12.0 Å². The molecule has 0 saturated heterocycles. The Morgan fingerprint density at radius 1 is 1.47 bits per heavy atom. The monoisotopic (exact) mass is 270 g/mol. The summed E-state index contributed by atoms with van der Waals surface area (Å²) in [4.78, 5) is 25.2. The van der Waals surface area contributed by atoms with Crippen LogP contribution in [0.2, 0.25) is 0 Å². The SMILES string of the molecule is CCCCN(C)C(=O)NC1(C(=O)O)CCCC(C)C1. The molecule has 2 atom stereocenters. The molecule has 1 aliphatic rings. The Labute approximate surface area is 115 Å². The number of aliphatic carboxylic acids is 1. The predicted molar refractivity (Wildman–Crippen MR) is 74.1 cm³/mol. The van der Waals surface area contributed by atoms with Gasteiger partial charge < -0.3 is 15.3 Å². The van der Waals surface area contributed by atoms with Crippen LogP contribution in [0, 0.1) is 5.92 Å². The molecule has 110 valence electrons. The molecule has 0 spiro atoms. The maximum atomic E-state index is 12.1. The Hall–Kier alpha value is -1.26. The minimum Gasteiger partial charge on any atom is -0.480 e. The van der Waals surface area contributed by atoms with E-state index in [0.717, 1.165) is 25.7 Å². The molecular weight excluding hydrogens is 244 g/mol. The zero-order valence-electron chi connectivity index (χ0n) is 12.2. The predicted octanol–water partition coefficient (Wildman–Crippen LogP) is 2.46. The number of amides is 2. The van der Waals surface area contributed by atoms with E-state index in [1.807, 2.05) is 6.92 Å². The summed E-state index contributed by atoms with van der Waals surface area (Å²) in [5.74, 6) is -0.567. The zero-order valence-corrected chi connectivity index (χ0v) is 12.2. The van der Waals surface area contributed by atoms with Crippen LogP contribution in [0.3, 0.4) is 0 Å². The van der Waals surface area contributed by atoms with Gasteiger partial charge in [-0.3, -0.25) is 0 Å². The standard InChI is InChI=1S/C14H26N2O3/c1-4-5-9-16(3)13(19)15-14(12(17)18)8-6-7-11(2)10-14/h11H,4-10H2,1-3H3,(H,15,19)(H,17,18). The van der Waals surface area contributed by atoms with E-state index < -0.39 is 11.5 Å². The van der Waals surface area contributed by atoms with Gasteiger partial charge in [0.25, 0.3) is 0 Å². The lowest BCUT2D eigenvalue weighted by atomic mass is 9.76. The van der Waals surface area contributed by atoms with Crippen molar-refractivity contribution in [2.24, 2.45) is 5.92 Å². The molecule has 1 fully saturated rings. The third-order valence-electron chi connectivity index (χ3n) is 3.95. The zero-order chi connectivity index (χ0) is 14.5. The van der Waals surface area contributed by atoms with Crippen molar-refractivity contribution in [1.82, 2.24) is 10.2 Å². The maximum Gasteiger partial charge on any atom is 0.329 e. The van der Waals surface area contributed by atoms with E-state index in [1.165, 1.54) is 0 Å². The Morgan fingerprint density at radius 3 is 2.68 bits per heavy atom.